The Morgan fingerprint density at radius 1 is 1.33 bits per heavy atom. The van der Waals surface area contributed by atoms with Crippen LogP contribution in [0.15, 0.2) is 35.8 Å². The second-order valence-corrected chi connectivity index (χ2v) is 6.89. The molecule has 0 bridgehead atoms. The van der Waals surface area contributed by atoms with Gasteiger partial charge in [0.1, 0.15) is 0 Å². The van der Waals surface area contributed by atoms with Gasteiger partial charge in [0.05, 0.1) is 6.04 Å². The lowest BCUT2D eigenvalue weighted by molar-refractivity contribution is -0.134. The molecule has 2 amide bonds. The second kappa shape index (κ2) is 7.57. The molecule has 24 heavy (non-hydrogen) atoms. The van der Waals surface area contributed by atoms with Crippen molar-refractivity contribution in [3.63, 3.8) is 0 Å². The van der Waals surface area contributed by atoms with E-state index in [0.29, 0.717) is 5.13 Å². The maximum absolute atomic E-state index is 12.5. The molecular formula is C18H21N3O2S. The number of rotatable bonds is 5. The molecular weight excluding hydrogens is 322 g/mol. The first-order chi connectivity index (χ1) is 11.6. The molecule has 1 aromatic carbocycles. The van der Waals surface area contributed by atoms with Crippen molar-refractivity contribution in [1.82, 2.24) is 9.88 Å². The number of nitrogens with one attached hydrogen (secondary N) is 1. The lowest BCUT2D eigenvalue weighted by atomic mass is 9.87. The van der Waals surface area contributed by atoms with Crippen LogP contribution in [0, 0.1) is 0 Å². The van der Waals surface area contributed by atoms with E-state index in [1.807, 2.05) is 19.2 Å². The fourth-order valence-electron chi connectivity index (χ4n) is 3.17. The summed E-state index contributed by atoms with van der Waals surface area (Å²) in [7, 11) is 1.84. The van der Waals surface area contributed by atoms with Crippen LogP contribution in [0.2, 0.25) is 0 Å². The lowest BCUT2D eigenvalue weighted by Gasteiger charge is -2.33. The Morgan fingerprint density at radius 2 is 2.17 bits per heavy atom. The standard InChI is InChI=1S/C18H21N3O2S/c1-21(15-8-4-6-13-5-2-3-7-14(13)15)17(23)10-9-16(22)20-18-19-11-12-24-18/h2-3,5,7,11-12,15H,4,6,8-10H2,1H3,(H,19,20,22)/t15-/m0/s1. The summed E-state index contributed by atoms with van der Waals surface area (Å²) in [5.41, 5.74) is 2.57. The van der Waals surface area contributed by atoms with E-state index in [-0.39, 0.29) is 30.7 Å². The zero-order valence-corrected chi connectivity index (χ0v) is 14.5. The van der Waals surface area contributed by atoms with Gasteiger partial charge in [-0.05, 0) is 30.4 Å². The average Bonchev–Trinajstić information content (AvgIpc) is 3.11. The Bertz CT molecular complexity index is 715. The molecule has 1 aromatic heterocycles. The minimum absolute atomic E-state index is 0.00555. The van der Waals surface area contributed by atoms with Crippen molar-refractivity contribution in [3.8, 4) is 0 Å². The van der Waals surface area contributed by atoms with Gasteiger partial charge in [-0.1, -0.05) is 24.3 Å². The van der Waals surface area contributed by atoms with Crippen LogP contribution in [0.1, 0.15) is 42.9 Å². The monoisotopic (exact) mass is 343 g/mol. The quantitative estimate of drug-likeness (QED) is 0.905. The van der Waals surface area contributed by atoms with Crippen LogP contribution in [-0.2, 0) is 16.0 Å². The highest BCUT2D eigenvalue weighted by Crippen LogP contribution is 2.33. The number of fused-ring (bicyclic) bond motifs is 1. The Hall–Kier alpha value is -2.21. The zero-order chi connectivity index (χ0) is 16.9. The van der Waals surface area contributed by atoms with E-state index < -0.39 is 0 Å². The van der Waals surface area contributed by atoms with E-state index in [9.17, 15) is 9.59 Å². The fraction of sp³-hybridized carbons (Fsp3) is 0.389. The molecule has 1 N–H and O–H groups in total. The van der Waals surface area contributed by atoms with Gasteiger partial charge in [-0.3, -0.25) is 9.59 Å². The van der Waals surface area contributed by atoms with E-state index >= 15 is 0 Å². The summed E-state index contributed by atoms with van der Waals surface area (Å²) in [5.74, 6) is -0.165. The van der Waals surface area contributed by atoms with E-state index in [1.165, 1.54) is 22.5 Å². The molecule has 1 heterocycles. The molecule has 3 rings (SSSR count). The van der Waals surface area contributed by atoms with Crippen LogP contribution in [0.25, 0.3) is 0 Å². The molecule has 0 saturated carbocycles. The van der Waals surface area contributed by atoms with Crippen LogP contribution in [-0.4, -0.2) is 28.7 Å². The normalized spacial score (nSPS) is 16.3. The molecule has 0 saturated heterocycles. The molecule has 0 unspecified atom stereocenters. The van der Waals surface area contributed by atoms with Crippen LogP contribution in [0.3, 0.4) is 0 Å². The van der Waals surface area contributed by atoms with E-state index in [1.54, 1.807) is 16.5 Å². The predicted molar refractivity (Wildman–Crippen MR) is 94.9 cm³/mol. The van der Waals surface area contributed by atoms with Crippen molar-refractivity contribution in [3.05, 3.63) is 47.0 Å². The van der Waals surface area contributed by atoms with Crippen molar-refractivity contribution in [2.45, 2.75) is 38.1 Å². The van der Waals surface area contributed by atoms with Crippen LogP contribution >= 0.6 is 11.3 Å². The SMILES string of the molecule is CN(C(=O)CCC(=O)Nc1nccs1)[C@H]1CCCc2ccccc21. The molecule has 0 radical (unpaired) electrons. The van der Waals surface area contributed by atoms with Crippen molar-refractivity contribution in [2.24, 2.45) is 0 Å². The highest BCUT2D eigenvalue weighted by molar-refractivity contribution is 7.13. The third-order valence-electron chi connectivity index (χ3n) is 4.44. The summed E-state index contributed by atoms with van der Waals surface area (Å²) < 4.78 is 0. The number of anilines is 1. The van der Waals surface area contributed by atoms with Crippen molar-refractivity contribution in [1.29, 1.82) is 0 Å². The van der Waals surface area contributed by atoms with Gasteiger partial charge in [0.2, 0.25) is 11.8 Å². The van der Waals surface area contributed by atoms with Gasteiger partial charge in [-0.15, -0.1) is 11.3 Å². The Balaban J connectivity index is 1.56. The number of benzene rings is 1. The molecule has 1 atom stereocenters. The van der Waals surface area contributed by atoms with Gasteiger partial charge >= 0.3 is 0 Å². The molecule has 0 spiro atoms. The third kappa shape index (κ3) is 3.82. The van der Waals surface area contributed by atoms with E-state index in [4.69, 9.17) is 0 Å². The Morgan fingerprint density at radius 3 is 2.96 bits per heavy atom. The molecule has 1 aliphatic carbocycles. The largest absolute Gasteiger partial charge is 0.339 e. The van der Waals surface area contributed by atoms with Gasteiger partial charge in [-0.2, -0.15) is 0 Å². The molecule has 1 aliphatic rings. The van der Waals surface area contributed by atoms with Crippen molar-refractivity contribution < 1.29 is 9.59 Å². The maximum Gasteiger partial charge on any atom is 0.226 e. The first-order valence-corrected chi connectivity index (χ1v) is 9.06. The highest BCUT2D eigenvalue weighted by atomic mass is 32.1. The summed E-state index contributed by atoms with van der Waals surface area (Å²) >= 11 is 1.37. The number of hydrogen-bond donors (Lipinski definition) is 1. The number of aromatic nitrogens is 1. The lowest BCUT2D eigenvalue weighted by Crippen LogP contribution is -2.33. The Kier molecular flexibility index (Phi) is 5.25. The summed E-state index contributed by atoms with van der Waals surface area (Å²) in [5, 5.41) is 5.08. The van der Waals surface area contributed by atoms with E-state index in [2.05, 4.69) is 22.4 Å². The molecule has 2 aromatic rings. The fourth-order valence-corrected chi connectivity index (χ4v) is 3.71. The summed E-state index contributed by atoms with van der Waals surface area (Å²) in [4.78, 5) is 30.2. The molecule has 5 nitrogen and oxygen atoms in total. The minimum Gasteiger partial charge on any atom is -0.339 e. The average molecular weight is 343 g/mol. The van der Waals surface area contributed by atoms with Crippen molar-refractivity contribution >= 4 is 28.3 Å². The van der Waals surface area contributed by atoms with Crippen LogP contribution in [0.4, 0.5) is 5.13 Å². The zero-order valence-electron chi connectivity index (χ0n) is 13.7. The maximum atomic E-state index is 12.5. The van der Waals surface area contributed by atoms with Gasteiger partial charge in [0, 0.05) is 31.5 Å². The topological polar surface area (TPSA) is 62.3 Å². The first kappa shape index (κ1) is 16.6. The number of thiazole rings is 1. The van der Waals surface area contributed by atoms with Gasteiger partial charge in [-0.25, -0.2) is 4.98 Å². The smallest absolute Gasteiger partial charge is 0.226 e. The number of nitrogens with zero attached hydrogens (tertiary/aromatic N) is 2. The third-order valence-corrected chi connectivity index (χ3v) is 5.13. The summed E-state index contributed by atoms with van der Waals surface area (Å²) in [6, 6.07) is 8.44. The van der Waals surface area contributed by atoms with Crippen molar-refractivity contribution in [2.75, 3.05) is 12.4 Å². The summed E-state index contributed by atoms with van der Waals surface area (Å²) in [6.45, 7) is 0. The molecule has 6 heteroatoms. The van der Waals surface area contributed by atoms with Crippen LogP contribution in [0.5, 0.6) is 0 Å². The molecule has 0 fully saturated rings. The summed E-state index contributed by atoms with van der Waals surface area (Å²) in [6.07, 6.45) is 5.17. The highest BCUT2D eigenvalue weighted by Gasteiger charge is 2.26. The van der Waals surface area contributed by atoms with Gasteiger partial charge in [0.25, 0.3) is 0 Å². The number of carbonyl (C=O) groups excluding carboxylic acids is 2. The van der Waals surface area contributed by atoms with Gasteiger partial charge in [0.15, 0.2) is 5.13 Å². The van der Waals surface area contributed by atoms with E-state index in [0.717, 1.165) is 19.3 Å². The Labute approximate surface area is 145 Å². The number of carbonyl (C=O) groups is 2. The number of amides is 2. The number of aryl methyl sites for hydroxylation is 1. The first-order valence-electron chi connectivity index (χ1n) is 8.18. The second-order valence-electron chi connectivity index (χ2n) is 6.00. The molecule has 126 valence electrons. The van der Waals surface area contributed by atoms with Crippen LogP contribution < -0.4 is 5.32 Å². The van der Waals surface area contributed by atoms with Gasteiger partial charge < -0.3 is 10.2 Å². The molecule has 0 aliphatic heterocycles. The minimum atomic E-state index is -0.171. The number of hydrogen-bond acceptors (Lipinski definition) is 4. The predicted octanol–water partition coefficient (Wildman–Crippen LogP) is 3.40.